The summed E-state index contributed by atoms with van der Waals surface area (Å²) in [5.41, 5.74) is 0.999. The predicted molar refractivity (Wildman–Crippen MR) is 117 cm³/mol. The molecule has 0 spiro atoms. The van der Waals surface area contributed by atoms with Gasteiger partial charge in [0, 0.05) is 0 Å². The molecule has 170 valence electrons. The SMILES string of the molecule is O=C1C[C@H]([NH2+]C2CCCC2)C(=O)N1c1ccc(N2C(=O)C[C@H]([NH2+]C3CCCC3)C2=O)cc1. The molecule has 2 heterocycles. The smallest absolute Gasteiger partial charge is 0.292 e. The summed E-state index contributed by atoms with van der Waals surface area (Å²) < 4.78 is 0. The summed E-state index contributed by atoms with van der Waals surface area (Å²) in [5.74, 6) is -0.730. The first-order valence-corrected chi connectivity index (χ1v) is 12.0. The molecule has 2 aliphatic carbocycles. The van der Waals surface area contributed by atoms with Gasteiger partial charge in [-0.15, -0.1) is 0 Å². The number of rotatable bonds is 6. The highest BCUT2D eigenvalue weighted by Gasteiger charge is 2.45. The lowest BCUT2D eigenvalue weighted by atomic mass is 10.2. The molecule has 2 saturated carbocycles. The van der Waals surface area contributed by atoms with Crippen molar-refractivity contribution in [3.63, 3.8) is 0 Å². The molecule has 1 aromatic carbocycles. The zero-order valence-corrected chi connectivity index (χ0v) is 18.4. The lowest BCUT2D eigenvalue weighted by Crippen LogP contribution is -2.95. The maximum absolute atomic E-state index is 12.9. The van der Waals surface area contributed by atoms with Crippen molar-refractivity contribution < 1.29 is 29.8 Å². The van der Waals surface area contributed by atoms with Gasteiger partial charge in [-0.2, -0.15) is 0 Å². The molecular formula is C24H32N4O4+2. The van der Waals surface area contributed by atoms with Crippen molar-refractivity contribution >= 4 is 35.0 Å². The van der Waals surface area contributed by atoms with Crippen LogP contribution >= 0.6 is 0 Å². The average molecular weight is 441 g/mol. The molecule has 1 aromatic rings. The van der Waals surface area contributed by atoms with E-state index in [-0.39, 0.29) is 48.6 Å². The number of carbonyl (C=O) groups excluding carboxylic acids is 4. The van der Waals surface area contributed by atoms with Gasteiger partial charge in [-0.3, -0.25) is 19.2 Å². The molecule has 0 bridgehead atoms. The minimum Gasteiger partial charge on any atom is -0.333 e. The highest BCUT2D eigenvalue weighted by atomic mass is 16.2. The zero-order valence-electron chi connectivity index (χ0n) is 18.4. The van der Waals surface area contributed by atoms with Crippen LogP contribution in [0.2, 0.25) is 0 Å². The van der Waals surface area contributed by atoms with Crippen molar-refractivity contribution in [3.05, 3.63) is 24.3 Å². The van der Waals surface area contributed by atoms with Gasteiger partial charge in [-0.25, -0.2) is 9.80 Å². The second-order valence-electron chi connectivity index (χ2n) is 9.75. The van der Waals surface area contributed by atoms with Gasteiger partial charge >= 0.3 is 0 Å². The molecule has 0 radical (unpaired) electrons. The van der Waals surface area contributed by atoms with E-state index < -0.39 is 0 Å². The number of quaternary nitrogens is 2. The van der Waals surface area contributed by atoms with Crippen molar-refractivity contribution in [1.82, 2.24) is 0 Å². The molecule has 4 N–H and O–H groups in total. The summed E-state index contributed by atoms with van der Waals surface area (Å²) >= 11 is 0. The van der Waals surface area contributed by atoms with E-state index in [1.165, 1.54) is 35.5 Å². The largest absolute Gasteiger partial charge is 0.333 e. The number of hydrogen-bond acceptors (Lipinski definition) is 4. The summed E-state index contributed by atoms with van der Waals surface area (Å²) in [6, 6.07) is 6.82. The van der Waals surface area contributed by atoms with Crippen LogP contribution in [-0.2, 0) is 19.2 Å². The summed E-state index contributed by atoms with van der Waals surface area (Å²) in [6.45, 7) is 0. The van der Waals surface area contributed by atoms with Gasteiger partial charge in [0.15, 0.2) is 12.1 Å². The first-order chi connectivity index (χ1) is 15.5. The number of amides is 4. The molecule has 8 heteroatoms. The fourth-order valence-electron chi connectivity index (χ4n) is 5.86. The van der Waals surface area contributed by atoms with E-state index in [1.54, 1.807) is 24.3 Å². The summed E-state index contributed by atoms with van der Waals surface area (Å²) in [4.78, 5) is 53.5. The Bertz CT molecular complexity index is 843. The lowest BCUT2D eigenvalue weighted by Gasteiger charge is -2.18. The van der Waals surface area contributed by atoms with Gasteiger partial charge < -0.3 is 10.6 Å². The monoisotopic (exact) mass is 440 g/mol. The molecule has 4 aliphatic rings. The van der Waals surface area contributed by atoms with Gasteiger partial charge in [0.05, 0.1) is 36.3 Å². The van der Waals surface area contributed by atoms with Gasteiger partial charge in [0.25, 0.3) is 11.8 Å². The summed E-state index contributed by atoms with van der Waals surface area (Å²) in [5, 5.41) is 4.15. The number of imide groups is 2. The molecule has 2 atom stereocenters. The molecule has 5 rings (SSSR count). The first-order valence-electron chi connectivity index (χ1n) is 12.0. The van der Waals surface area contributed by atoms with E-state index in [9.17, 15) is 19.2 Å². The third-order valence-electron chi connectivity index (χ3n) is 7.54. The van der Waals surface area contributed by atoms with Crippen molar-refractivity contribution in [1.29, 1.82) is 0 Å². The predicted octanol–water partition coefficient (Wildman–Crippen LogP) is -0.0376. The van der Waals surface area contributed by atoms with E-state index in [2.05, 4.69) is 10.6 Å². The minimum atomic E-state index is -0.348. The van der Waals surface area contributed by atoms with Crippen LogP contribution in [0.15, 0.2) is 24.3 Å². The number of nitrogens with two attached hydrogens (primary N) is 2. The third-order valence-corrected chi connectivity index (χ3v) is 7.54. The number of anilines is 2. The molecule has 0 aromatic heterocycles. The molecule has 0 unspecified atom stereocenters. The van der Waals surface area contributed by atoms with Gasteiger partial charge in [-0.05, 0) is 75.6 Å². The molecule has 2 saturated heterocycles. The number of hydrogen-bond donors (Lipinski definition) is 2. The normalized spacial score (nSPS) is 27.5. The van der Waals surface area contributed by atoms with Crippen molar-refractivity contribution in [2.75, 3.05) is 9.80 Å². The minimum absolute atomic E-state index is 0.172. The highest BCUT2D eigenvalue weighted by Crippen LogP contribution is 2.28. The molecule has 4 amide bonds. The second kappa shape index (κ2) is 8.75. The van der Waals surface area contributed by atoms with E-state index in [0.29, 0.717) is 23.5 Å². The van der Waals surface area contributed by atoms with Crippen LogP contribution in [0.3, 0.4) is 0 Å². The van der Waals surface area contributed by atoms with Gasteiger partial charge in [0.1, 0.15) is 0 Å². The van der Waals surface area contributed by atoms with Crippen molar-refractivity contribution in [3.8, 4) is 0 Å². The van der Waals surface area contributed by atoms with E-state index in [1.807, 2.05) is 0 Å². The second-order valence-corrected chi connectivity index (χ2v) is 9.75. The Morgan fingerprint density at radius 2 is 0.938 bits per heavy atom. The Balaban J connectivity index is 1.26. The third kappa shape index (κ3) is 3.97. The highest BCUT2D eigenvalue weighted by molar-refractivity contribution is 6.23. The molecule has 8 nitrogen and oxygen atoms in total. The number of carbonyl (C=O) groups is 4. The number of nitrogens with zero attached hydrogens (tertiary/aromatic N) is 2. The van der Waals surface area contributed by atoms with Crippen LogP contribution in [0.4, 0.5) is 11.4 Å². The average Bonchev–Trinajstić information content (AvgIpc) is 3.56. The van der Waals surface area contributed by atoms with Crippen LogP contribution < -0.4 is 20.4 Å². The van der Waals surface area contributed by atoms with Crippen molar-refractivity contribution in [2.45, 2.75) is 88.4 Å². The molecular weight excluding hydrogens is 408 g/mol. The van der Waals surface area contributed by atoms with Crippen LogP contribution in [0, 0.1) is 0 Å². The standard InChI is InChI=1S/C24H30N4O4/c29-21-13-19(25-15-5-1-2-6-15)23(31)27(21)17-9-11-18(12-10-17)28-22(30)14-20(24(28)32)26-16-7-3-4-8-16/h9-12,15-16,19-20,25-26H,1-8,13-14H2/p+2/t19-,20-/m0/s1. The molecule has 2 aliphatic heterocycles. The fraction of sp³-hybridized carbons (Fsp3) is 0.583. The maximum Gasteiger partial charge on any atom is 0.292 e. The lowest BCUT2D eigenvalue weighted by molar-refractivity contribution is -0.706. The van der Waals surface area contributed by atoms with Gasteiger partial charge in [0.2, 0.25) is 11.8 Å². The van der Waals surface area contributed by atoms with E-state index in [4.69, 9.17) is 0 Å². The van der Waals surface area contributed by atoms with Crippen LogP contribution in [0.5, 0.6) is 0 Å². The fourth-order valence-corrected chi connectivity index (χ4v) is 5.86. The number of benzene rings is 1. The van der Waals surface area contributed by atoms with Crippen molar-refractivity contribution in [2.24, 2.45) is 0 Å². The van der Waals surface area contributed by atoms with Crippen LogP contribution in [-0.4, -0.2) is 47.8 Å². The molecule has 32 heavy (non-hydrogen) atoms. The van der Waals surface area contributed by atoms with Crippen LogP contribution in [0.25, 0.3) is 0 Å². The van der Waals surface area contributed by atoms with E-state index >= 15 is 0 Å². The van der Waals surface area contributed by atoms with Crippen LogP contribution in [0.1, 0.15) is 64.2 Å². The Hall–Kier alpha value is -2.58. The Kier molecular flexibility index (Phi) is 5.82. The van der Waals surface area contributed by atoms with Gasteiger partial charge in [-0.1, -0.05) is 0 Å². The molecule has 4 fully saturated rings. The first kappa shape index (κ1) is 21.3. The summed E-state index contributed by atoms with van der Waals surface area (Å²) in [6.07, 6.45) is 9.60. The topological polar surface area (TPSA) is 108 Å². The maximum atomic E-state index is 12.9. The Morgan fingerprint density at radius 3 is 1.28 bits per heavy atom. The Morgan fingerprint density at radius 1 is 0.594 bits per heavy atom. The quantitative estimate of drug-likeness (QED) is 0.605. The zero-order chi connectivity index (χ0) is 22.2. The Labute approximate surface area is 187 Å². The summed E-state index contributed by atoms with van der Waals surface area (Å²) in [7, 11) is 0. The van der Waals surface area contributed by atoms with E-state index in [0.717, 1.165) is 25.7 Å².